The molecule has 0 aliphatic carbocycles. The zero-order valence-electron chi connectivity index (χ0n) is 12.6. The van der Waals surface area contributed by atoms with Crippen LogP contribution in [-0.2, 0) is 0 Å². The maximum absolute atomic E-state index is 12.5. The summed E-state index contributed by atoms with van der Waals surface area (Å²) in [5.74, 6) is -0.199. The minimum absolute atomic E-state index is 0.0440. The number of carbonyl (C=O) groups is 1. The Morgan fingerprint density at radius 2 is 2.08 bits per heavy atom. The van der Waals surface area contributed by atoms with E-state index in [9.17, 15) is 19.7 Å². The Kier molecular flexibility index (Phi) is 3.78. The summed E-state index contributed by atoms with van der Waals surface area (Å²) < 4.78 is 0. The highest BCUT2D eigenvalue weighted by Crippen LogP contribution is 2.22. The molecule has 120 valence electrons. The largest absolute Gasteiger partial charge is 0.322 e. The number of nitrogens with zero attached hydrogens (tertiary/aromatic N) is 2. The number of benzene rings is 1. The minimum Gasteiger partial charge on any atom is -0.322 e. The third-order valence-electron chi connectivity index (χ3n) is 3.52. The van der Waals surface area contributed by atoms with Crippen LogP contribution in [0.1, 0.15) is 15.9 Å². The molecule has 0 aliphatic rings. The number of carbonyl (C=O) groups excluding carboxylic acids is 1. The molecule has 0 radical (unpaired) electrons. The van der Waals surface area contributed by atoms with Gasteiger partial charge in [-0.25, -0.2) is 4.98 Å². The SMILES string of the molecule is Cc1cccnc1NC(=O)c1cc(=O)[nH]c2ccc([N+](=O)[O-])cc12. The summed E-state index contributed by atoms with van der Waals surface area (Å²) in [4.78, 5) is 41.3. The maximum Gasteiger partial charge on any atom is 0.270 e. The number of nitro groups is 1. The average molecular weight is 324 g/mol. The topological polar surface area (TPSA) is 118 Å². The molecule has 0 saturated carbocycles. The molecule has 8 heteroatoms. The van der Waals surface area contributed by atoms with Crippen molar-refractivity contribution in [1.82, 2.24) is 9.97 Å². The van der Waals surface area contributed by atoms with Crippen LogP contribution < -0.4 is 10.9 Å². The van der Waals surface area contributed by atoms with Gasteiger partial charge >= 0.3 is 0 Å². The van der Waals surface area contributed by atoms with Crippen LogP contribution in [0.25, 0.3) is 10.9 Å². The summed E-state index contributed by atoms with van der Waals surface area (Å²) in [5.41, 5.74) is 0.501. The third kappa shape index (κ3) is 2.84. The predicted octanol–water partition coefficient (Wildman–Crippen LogP) is 2.39. The van der Waals surface area contributed by atoms with Crippen LogP contribution in [0.5, 0.6) is 0 Å². The standard InChI is InChI=1S/C16H12N4O4/c1-9-3-2-6-17-15(9)19-16(22)12-8-14(21)18-13-5-4-10(20(23)24)7-11(12)13/h2-8H,1H3,(H,18,21)(H,17,19,22). The van der Waals surface area contributed by atoms with Crippen LogP contribution in [0.3, 0.4) is 0 Å². The number of aromatic nitrogens is 2. The molecular formula is C16H12N4O4. The first-order valence-corrected chi connectivity index (χ1v) is 7.00. The number of nitro benzene ring substituents is 1. The molecule has 0 aliphatic heterocycles. The van der Waals surface area contributed by atoms with Crippen molar-refractivity contribution in [2.24, 2.45) is 0 Å². The highest BCUT2D eigenvalue weighted by atomic mass is 16.6. The van der Waals surface area contributed by atoms with Gasteiger partial charge in [0.2, 0.25) is 5.56 Å². The molecule has 0 atom stereocenters. The van der Waals surface area contributed by atoms with Crippen LogP contribution in [0.4, 0.5) is 11.5 Å². The fourth-order valence-electron chi connectivity index (χ4n) is 2.33. The Hall–Kier alpha value is -3.55. The Bertz CT molecular complexity index is 1030. The first kappa shape index (κ1) is 15.3. The van der Waals surface area contributed by atoms with E-state index in [1.54, 1.807) is 19.1 Å². The number of anilines is 1. The third-order valence-corrected chi connectivity index (χ3v) is 3.52. The van der Waals surface area contributed by atoms with Gasteiger partial charge in [0.1, 0.15) is 5.82 Å². The van der Waals surface area contributed by atoms with E-state index >= 15 is 0 Å². The smallest absolute Gasteiger partial charge is 0.270 e. The first-order chi connectivity index (χ1) is 11.5. The molecule has 8 nitrogen and oxygen atoms in total. The molecule has 3 aromatic rings. The Balaban J connectivity index is 2.12. The van der Waals surface area contributed by atoms with Crippen molar-refractivity contribution in [3.63, 3.8) is 0 Å². The molecule has 0 spiro atoms. The lowest BCUT2D eigenvalue weighted by Crippen LogP contribution is -2.18. The lowest BCUT2D eigenvalue weighted by Gasteiger charge is -2.09. The fraction of sp³-hybridized carbons (Fsp3) is 0.0625. The van der Waals surface area contributed by atoms with Crippen LogP contribution in [0.2, 0.25) is 0 Å². The second-order valence-electron chi connectivity index (χ2n) is 5.16. The van der Waals surface area contributed by atoms with Gasteiger partial charge in [-0.15, -0.1) is 0 Å². The Morgan fingerprint density at radius 3 is 2.79 bits per heavy atom. The molecule has 2 N–H and O–H groups in total. The number of non-ortho nitro benzene ring substituents is 1. The quantitative estimate of drug-likeness (QED) is 0.566. The molecule has 3 rings (SSSR count). The zero-order valence-corrected chi connectivity index (χ0v) is 12.6. The molecule has 2 heterocycles. The van der Waals surface area contributed by atoms with Gasteiger partial charge in [-0.3, -0.25) is 19.7 Å². The van der Waals surface area contributed by atoms with Crippen LogP contribution in [0.15, 0.2) is 47.4 Å². The van der Waals surface area contributed by atoms with Crippen LogP contribution >= 0.6 is 0 Å². The van der Waals surface area contributed by atoms with E-state index in [4.69, 9.17) is 0 Å². The van der Waals surface area contributed by atoms with Gasteiger partial charge in [-0.05, 0) is 24.6 Å². The number of nitrogens with one attached hydrogen (secondary N) is 2. The van der Waals surface area contributed by atoms with Gasteiger partial charge in [0, 0.05) is 35.3 Å². The van der Waals surface area contributed by atoms with Crippen molar-refractivity contribution in [3.05, 3.63) is 74.2 Å². The van der Waals surface area contributed by atoms with Gasteiger partial charge < -0.3 is 10.3 Å². The van der Waals surface area contributed by atoms with Crippen molar-refractivity contribution in [2.45, 2.75) is 6.92 Å². The molecule has 1 amide bonds. The number of aryl methyl sites for hydroxylation is 1. The number of H-pyrrole nitrogens is 1. The van der Waals surface area contributed by atoms with Gasteiger partial charge in [-0.2, -0.15) is 0 Å². The molecular weight excluding hydrogens is 312 g/mol. The van der Waals surface area contributed by atoms with Gasteiger partial charge in [0.05, 0.1) is 10.5 Å². The van der Waals surface area contributed by atoms with E-state index in [1.807, 2.05) is 0 Å². The van der Waals surface area contributed by atoms with Crippen LogP contribution in [0, 0.1) is 17.0 Å². The Morgan fingerprint density at radius 1 is 1.29 bits per heavy atom. The average Bonchev–Trinajstić information content (AvgIpc) is 2.55. The van der Waals surface area contributed by atoms with E-state index in [2.05, 4.69) is 15.3 Å². The monoisotopic (exact) mass is 324 g/mol. The van der Waals surface area contributed by atoms with Crippen LogP contribution in [-0.4, -0.2) is 20.8 Å². The summed E-state index contributed by atoms with van der Waals surface area (Å²) in [6, 6.07) is 8.55. The fourth-order valence-corrected chi connectivity index (χ4v) is 2.33. The highest BCUT2D eigenvalue weighted by molar-refractivity contribution is 6.12. The number of hydrogen-bond acceptors (Lipinski definition) is 5. The summed E-state index contributed by atoms with van der Waals surface area (Å²) in [5, 5.41) is 13.9. The lowest BCUT2D eigenvalue weighted by atomic mass is 10.1. The van der Waals surface area contributed by atoms with Gasteiger partial charge in [0.15, 0.2) is 0 Å². The number of aromatic amines is 1. The van der Waals surface area contributed by atoms with E-state index < -0.39 is 16.4 Å². The Labute approximate surface area is 135 Å². The number of hydrogen-bond donors (Lipinski definition) is 2. The molecule has 0 fully saturated rings. The highest BCUT2D eigenvalue weighted by Gasteiger charge is 2.16. The second-order valence-corrected chi connectivity index (χ2v) is 5.16. The normalized spacial score (nSPS) is 10.5. The van der Waals surface area contributed by atoms with Crippen molar-refractivity contribution >= 4 is 28.3 Å². The molecule has 1 aromatic carbocycles. The van der Waals surface area contributed by atoms with Gasteiger partial charge in [0.25, 0.3) is 11.6 Å². The van der Waals surface area contributed by atoms with Crippen molar-refractivity contribution < 1.29 is 9.72 Å². The van der Waals surface area contributed by atoms with E-state index in [0.29, 0.717) is 11.3 Å². The van der Waals surface area contributed by atoms with Crippen molar-refractivity contribution in [3.8, 4) is 0 Å². The molecule has 0 bridgehead atoms. The second kappa shape index (κ2) is 5.92. The number of pyridine rings is 2. The molecule has 2 aromatic heterocycles. The molecule has 0 saturated heterocycles. The van der Waals surface area contributed by atoms with Crippen molar-refractivity contribution in [2.75, 3.05) is 5.32 Å². The van der Waals surface area contributed by atoms with Crippen molar-refractivity contribution in [1.29, 1.82) is 0 Å². The summed E-state index contributed by atoms with van der Waals surface area (Å²) in [6.45, 7) is 1.78. The van der Waals surface area contributed by atoms with E-state index in [1.165, 1.54) is 24.4 Å². The zero-order chi connectivity index (χ0) is 17.3. The first-order valence-electron chi connectivity index (χ1n) is 7.00. The number of amides is 1. The summed E-state index contributed by atoms with van der Waals surface area (Å²) in [7, 11) is 0. The maximum atomic E-state index is 12.5. The minimum atomic E-state index is -0.562. The molecule has 24 heavy (non-hydrogen) atoms. The number of fused-ring (bicyclic) bond motifs is 1. The van der Waals surface area contributed by atoms with E-state index in [-0.39, 0.29) is 16.6 Å². The molecule has 0 unspecified atom stereocenters. The number of rotatable bonds is 3. The summed E-state index contributed by atoms with van der Waals surface area (Å²) in [6.07, 6.45) is 1.53. The van der Waals surface area contributed by atoms with E-state index in [0.717, 1.165) is 11.6 Å². The summed E-state index contributed by atoms with van der Waals surface area (Å²) >= 11 is 0. The lowest BCUT2D eigenvalue weighted by molar-refractivity contribution is -0.384. The predicted molar refractivity (Wildman–Crippen MR) is 88.2 cm³/mol. The van der Waals surface area contributed by atoms with Gasteiger partial charge in [-0.1, -0.05) is 6.07 Å².